The summed E-state index contributed by atoms with van der Waals surface area (Å²) >= 11 is 0. The van der Waals surface area contributed by atoms with E-state index < -0.39 is 6.10 Å². The minimum atomic E-state index is -0.426. The Labute approximate surface area is 110 Å². The van der Waals surface area contributed by atoms with Crippen LogP contribution in [0.25, 0.3) is 6.08 Å². The van der Waals surface area contributed by atoms with Crippen LogP contribution in [0.3, 0.4) is 0 Å². The largest absolute Gasteiger partial charge is 0.389 e. The van der Waals surface area contributed by atoms with Crippen molar-refractivity contribution in [2.75, 3.05) is 33.9 Å². The fourth-order valence-electron chi connectivity index (χ4n) is 1.97. The van der Waals surface area contributed by atoms with Gasteiger partial charge in [-0.25, -0.2) is 0 Å². The molecular weight excluding hydrogens is 226 g/mol. The Balaban J connectivity index is 2.44. The molecule has 0 aromatic heterocycles. The van der Waals surface area contributed by atoms with Crippen LogP contribution in [-0.2, 0) is 4.74 Å². The maximum Gasteiger partial charge on any atom is 0.0900 e. The third-order valence-corrected chi connectivity index (χ3v) is 2.61. The third kappa shape index (κ3) is 5.96. The maximum absolute atomic E-state index is 9.64. The van der Waals surface area contributed by atoms with Crippen LogP contribution in [0.4, 0.5) is 0 Å². The summed E-state index contributed by atoms with van der Waals surface area (Å²) in [7, 11) is 3.60. The second-order valence-corrected chi connectivity index (χ2v) is 4.71. The molecule has 1 unspecified atom stereocenters. The Morgan fingerprint density at radius 1 is 1.39 bits per heavy atom. The molecule has 1 atom stereocenters. The molecule has 0 saturated heterocycles. The van der Waals surface area contributed by atoms with Crippen LogP contribution < -0.4 is 0 Å². The molecule has 3 heteroatoms. The average Bonchev–Trinajstić information content (AvgIpc) is 2.29. The van der Waals surface area contributed by atoms with E-state index in [-0.39, 0.29) is 0 Å². The molecule has 0 aliphatic heterocycles. The highest BCUT2D eigenvalue weighted by Crippen LogP contribution is 2.07. The van der Waals surface area contributed by atoms with Crippen LogP contribution >= 0.6 is 0 Å². The first-order valence-corrected chi connectivity index (χ1v) is 6.19. The smallest absolute Gasteiger partial charge is 0.0900 e. The van der Waals surface area contributed by atoms with Crippen molar-refractivity contribution in [3.63, 3.8) is 0 Å². The number of rotatable bonds is 7. The molecule has 1 aromatic rings. The molecule has 0 aliphatic carbocycles. The fourth-order valence-corrected chi connectivity index (χ4v) is 1.97. The number of hydrogen-bond donors (Lipinski definition) is 1. The second-order valence-electron chi connectivity index (χ2n) is 4.71. The van der Waals surface area contributed by atoms with Gasteiger partial charge >= 0.3 is 0 Å². The molecule has 1 aromatic carbocycles. The first kappa shape index (κ1) is 14.9. The van der Waals surface area contributed by atoms with Gasteiger partial charge in [-0.2, -0.15) is 0 Å². The Bertz CT molecular complexity index is 362. The molecule has 18 heavy (non-hydrogen) atoms. The number of ether oxygens (including phenoxy) is 1. The highest BCUT2D eigenvalue weighted by Gasteiger charge is 2.07. The van der Waals surface area contributed by atoms with Crippen molar-refractivity contribution >= 4 is 6.08 Å². The van der Waals surface area contributed by atoms with Gasteiger partial charge in [-0.15, -0.1) is 0 Å². The molecule has 3 nitrogen and oxygen atoms in total. The van der Waals surface area contributed by atoms with Gasteiger partial charge in [0.2, 0.25) is 0 Å². The number of methoxy groups -OCH3 is 1. The molecule has 0 fully saturated rings. The van der Waals surface area contributed by atoms with E-state index in [0.29, 0.717) is 13.2 Å². The van der Waals surface area contributed by atoms with Crippen molar-refractivity contribution < 1.29 is 9.84 Å². The quantitative estimate of drug-likeness (QED) is 0.802. The second kappa shape index (κ2) is 8.03. The highest BCUT2D eigenvalue weighted by molar-refractivity contribution is 5.52. The van der Waals surface area contributed by atoms with Crippen LogP contribution in [-0.4, -0.2) is 50.0 Å². The van der Waals surface area contributed by atoms with Crippen molar-refractivity contribution in [2.24, 2.45) is 0 Å². The number of hydrogen-bond acceptors (Lipinski definition) is 3. The van der Waals surface area contributed by atoms with E-state index in [1.165, 1.54) is 11.1 Å². The Hall–Kier alpha value is -1.16. The van der Waals surface area contributed by atoms with Gasteiger partial charge in [-0.3, -0.25) is 4.90 Å². The van der Waals surface area contributed by atoms with E-state index in [4.69, 9.17) is 4.74 Å². The Morgan fingerprint density at radius 3 is 2.67 bits per heavy atom. The van der Waals surface area contributed by atoms with E-state index in [2.05, 4.69) is 30.0 Å². The monoisotopic (exact) mass is 249 g/mol. The third-order valence-electron chi connectivity index (χ3n) is 2.61. The van der Waals surface area contributed by atoms with Crippen LogP contribution in [0, 0.1) is 0 Å². The molecule has 0 bridgehead atoms. The molecule has 1 N–H and O–H groups in total. The number of aliphatic hydroxyl groups excluding tert-OH is 1. The zero-order valence-electron chi connectivity index (χ0n) is 11.5. The van der Waals surface area contributed by atoms with Gasteiger partial charge in [-0.05, 0) is 19.5 Å². The first-order valence-electron chi connectivity index (χ1n) is 6.19. The summed E-state index contributed by atoms with van der Waals surface area (Å²) in [5.74, 6) is 0. The first-order chi connectivity index (χ1) is 8.61. The summed E-state index contributed by atoms with van der Waals surface area (Å²) in [6.45, 7) is 3.95. The van der Waals surface area contributed by atoms with Crippen LogP contribution in [0.1, 0.15) is 12.5 Å². The molecule has 0 amide bonds. The highest BCUT2D eigenvalue weighted by atomic mass is 16.5. The summed E-state index contributed by atoms with van der Waals surface area (Å²) in [5.41, 5.74) is 2.48. The normalized spacial score (nSPS) is 13.9. The minimum Gasteiger partial charge on any atom is -0.389 e. The molecule has 100 valence electrons. The van der Waals surface area contributed by atoms with Gasteiger partial charge in [-0.1, -0.05) is 42.0 Å². The zero-order valence-corrected chi connectivity index (χ0v) is 11.5. The summed E-state index contributed by atoms with van der Waals surface area (Å²) in [6.07, 6.45) is 1.74. The zero-order chi connectivity index (χ0) is 13.4. The van der Waals surface area contributed by atoms with Crippen LogP contribution in [0.5, 0.6) is 0 Å². The standard InChI is InChI=1S/C15H23NO2/c1-13(9-14-7-5-4-6-8-14)10-16(2)11-15(17)12-18-3/h4-9,15,17H,10-12H2,1-3H3/b13-9+. The van der Waals surface area contributed by atoms with Gasteiger partial charge < -0.3 is 9.84 Å². The predicted octanol–water partition coefficient (Wildman–Crippen LogP) is 2.03. The van der Waals surface area contributed by atoms with Gasteiger partial charge in [0.25, 0.3) is 0 Å². The van der Waals surface area contributed by atoms with Crippen molar-refractivity contribution in [3.8, 4) is 0 Å². The number of likely N-dealkylation sites (N-methyl/N-ethyl adjacent to an activating group) is 1. The SMILES string of the molecule is COCC(O)CN(C)C/C(C)=C/c1ccccc1. The Morgan fingerprint density at radius 2 is 2.06 bits per heavy atom. The molecule has 0 heterocycles. The van der Waals surface area contributed by atoms with Crippen molar-refractivity contribution in [1.29, 1.82) is 0 Å². The summed E-state index contributed by atoms with van der Waals surface area (Å²) in [4.78, 5) is 2.10. The summed E-state index contributed by atoms with van der Waals surface area (Å²) < 4.78 is 4.91. The predicted molar refractivity (Wildman–Crippen MR) is 75.5 cm³/mol. The number of benzene rings is 1. The lowest BCUT2D eigenvalue weighted by Crippen LogP contribution is -2.32. The number of aliphatic hydroxyl groups is 1. The fraction of sp³-hybridized carbons (Fsp3) is 0.467. The molecule has 0 spiro atoms. The van der Waals surface area contributed by atoms with E-state index in [1.807, 2.05) is 25.2 Å². The summed E-state index contributed by atoms with van der Waals surface area (Å²) in [6, 6.07) is 10.3. The lowest BCUT2D eigenvalue weighted by atomic mass is 10.1. The maximum atomic E-state index is 9.64. The Kier molecular flexibility index (Phi) is 6.65. The van der Waals surface area contributed by atoms with E-state index in [9.17, 15) is 5.11 Å². The lowest BCUT2D eigenvalue weighted by Gasteiger charge is -2.20. The van der Waals surface area contributed by atoms with E-state index in [0.717, 1.165) is 6.54 Å². The van der Waals surface area contributed by atoms with Crippen molar-refractivity contribution in [1.82, 2.24) is 4.90 Å². The number of nitrogens with zero attached hydrogens (tertiary/aromatic N) is 1. The molecular formula is C15H23NO2. The van der Waals surface area contributed by atoms with Gasteiger partial charge in [0.05, 0.1) is 12.7 Å². The van der Waals surface area contributed by atoms with Crippen molar-refractivity contribution in [3.05, 3.63) is 41.5 Å². The van der Waals surface area contributed by atoms with Gasteiger partial charge in [0.15, 0.2) is 0 Å². The van der Waals surface area contributed by atoms with E-state index in [1.54, 1.807) is 7.11 Å². The van der Waals surface area contributed by atoms with E-state index >= 15 is 0 Å². The van der Waals surface area contributed by atoms with Gasteiger partial charge in [0.1, 0.15) is 0 Å². The lowest BCUT2D eigenvalue weighted by molar-refractivity contribution is 0.0450. The molecule has 0 aliphatic rings. The average molecular weight is 249 g/mol. The van der Waals surface area contributed by atoms with Crippen molar-refractivity contribution in [2.45, 2.75) is 13.0 Å². The van der Waals surface area contributed by atoms with Crippen LogP contribution in [0.2, 0.25) is 0 Å². The molecule has 0 saturated carbocycles. The minimum absolute atomic E-state index is 0.381. The summed E-state index contributed by atoms with van der Waals surface area (Å²) in [5, 5.41) is 9.64. The molecule has 1 rings (SSSR count). The van der Waals surface area contributed by atoms with Gasteiger partial charge in [0, 0.05) is 20.2 Å². The van der Waals surface area contributed by atoms with Crippen LogP contribution in [0.15, 0.2) is 35.9 Å². The molecule has 0 radical (unpaired) electrons. The topological polar surface area (TPSA) is 32.7 Å².